The lowest BCUT2D eigenvalue weighted by atomic mass is 10.0. The quantitative estimate of drug-likeness (QED) is 0.0372. The summed E-state index contributed by atoms with van der Waals surface area (Å²) >= 11 is 0. The van der Waals surface area contributed by atoms with Crippen molar-refractivity contribution in [1.29, 1.82) is 0 Å². The highest BCUT2D eigenvalue weighted by Crippen LogP contribution is 2.38. The van der Waals surface area contributed by atoms with Gasteiger partial charge < -0.3 is 102 Å². The molecule has 1 aromatic heterocycles. The fourth-order valence-electron chi connectivity index (χ4n) is 9.94. The molecule has 0 saturated carbocycles. The third-order valence-electron chi connectivity index (χ3n) is 14.6. The van der Waals surface area contributed by atoms with E-state index in [4.69, 9.17) is 56.5 Å². The topological polar surface area (TPSA) is 331 Å². The molecule has 0 unspecified atom stereocenters. The van der Waals surface area contributed by atoms with Gasteiger partial charge in [-0.2, -0.15) is 0 Å². The summed E-state index contributed by atoms with van der Waals surface area (Å²) in [7, 11) is 2.73. The second-order valence-electron chi connectivity index (χ2n) is 20.5. The van der Waals surface area contributed by atoms with Crippen LogP contribution in [0.25, 0.3) is 22.3 Å². The normalized spacial score (nSPS) is 31.5. The molecular weight excluding hydrogens is 1030 g/mol. The number of hydrogen-bond acceptors (Lipinski definition) is 23. The summed E-state index contributed by atoms with van der Waals surface area (Å²) in [5.41, 5.74) is -0.122. The molecule has 2 aromatic carbocycles. The van der Waals surface area contributed by atoms with Crippen LogP contribution in [-0.2, 0) is 42.7 Å². The van der Waals surface area contributed by atoms with Crippen LogP contribution in [0.5, 0.6) is 23.0 Å². The molecule has 78 heavy (non-hydrogen) atoms. The van der Waals surface area contributed by atoms with Gasteiger partial charge >= 0.3 is 5.97 Å². The number of aromatic hydroxyl groups is 1. The van der Waals surface area contributed by atoms with Crippen LogP contribution >= 0.6 is 0 Å². The Balaban J connectivity index is 0.978. The largest absolute Gasteiger partial charge is 0.507 e. The van der Waals surface area contributed by atoms with Crippen LogP contribution in [0.1, 0.15) is 110 Å². The van der Waals surface area contributed by atoms with Crippen molar-refractivity contribution in [3.8, 4) is 34.3 Å². The van der Waals surface area contributed by atoms with Crippen LogP contribution in [-0.4, -0.2) is 191 Å². The molecule has 4 aliphatic rings. The summed E-state index contributed by atoms with van der Waals surface area (Å²) in [5, 5.41) is 98.4. The maximum atomic E-state index is 13.2. The molecule has 4 fully saturated rings. The minimum absolute atomic E-state index is 0.00741. The number of unbranched alkanes of at least 4 members (excludes halogenated alkanes) is 14. The standard InChI is InChI=1S/C55H80O23/c1-4-5-6-7-8-9-10-11-12-13-14-15-16-17-18-19-42(62)75-48-44(63)34(58)27-70-53(48)77-50-46(65)36(60)29-72-55(50)78-51-47(66)37(61)28-71-54(51)76-49-45(64)35(59)26-69-52(49)74-38-21-20-30(22-40(38)68-3)39-25-33(57)43-32(56)23-31(67-2)24-41(43)73-39/h20-25,34-37,44-56,58-61,63-66H,4-19,26-29H2,1-3H3/t34-,35-,36-,37-,44+,45+,46+,47+,48-,49-,50-,51-,52+,53+,54+,55+/m1/s1. The zero-order valence-electron chi connectivity index (χ0n) is 44.6. The Morgan fingerprint density at radius 3 is 1.47 bits per heavy atom. The van der Waals surface area contributed by atoms with E-state index in [1.54, 1.807) is 0 Å². The van der Waals surface area contributed by atoms with Crippen molar-refractivity contribution < 1.29 is 107 Å². The molecule has 0 aliphatic carbocycles. The van der Waals surface area contributed by atoms with Gasteiger partial charge in [0.15, 0.2) is 48.0 Å². The minimum Gasteiger partial charge on any atom is -0.507 e. The van der Waals surface area contributed by atoms with E-state index in [-0.39, 0.29) is 46.1 Å². The van der Waals surface area contributed by atoms with Gasteiger partial charge in [0.2, 0.25) is 6.29 Å². The average molecular weight is 1110 g/mol. The molecular formula is C55H80O23. The Labute approximate surface area is 452 Å². The number of fused-ring (bicyclic) bond motifs is 1. The van der Waals surface area contributed by atoms with Crippen molar-refractivity contribution in [1.82, 2.24) is 0 Å². The van der Waals surface area contributed by atoms with E-state index >= 15 is 0 Å². The van der Waals surface area contributed by atoms with Gasteiger partial charge in [0.05, 0.1) is 40.6 Å². The van der Waals surface area contributed by atoms with Gasteiger partial charge in [-0.3, -0.25) is 9.59 Å². The van der Waals surface area contributed by atoms with Gasteiger partial charge in [-0.25, -0.2) is 0 Å². The number of methoxy groups -OCH3 is 2. The molecule has 3 aromatic rings. The first-order chi connectivity index (χ1) is 37.6. The summed E-state index contributed by atoms with van der Waals surface area (Å²) in [6.45, 7) is 0.264. The van der Waals surface area contributed by atoms with Crippen LogP contribution in [0.4, 0.5) is 0 Å². The molecule has 5 heterocycles. The Morgan fingerprint density at radius 1 is 0.538 bits per heavy atom. The number of rotatable bonds is 28. The fourth-order valence-corrected chi connectivity index (χ4v) is 9.94. The molecule has 9 N–H and O–H groups in total. The number of benzene rings is 2. The van der Waals surface area contributed by atoms with Crippen molar-refractivity contribution in [3.63, 3.8) is 0 Å². The lowest BCUT2D eigenvalue weighted by Crippen LogP contribution is -2.64. The third kappa shape index (κ3) is 16.0. The highest BCUT2D eigenvalue weighted by molar-refractivity contribution is 5.86. The number of aliphatic hydroxyl groups excluding tert-OH is 8. The van der Waals surface area contributed by atoms with Gasteiger partial charge in [0.25, 0.3) is 0 Å². The third-order valence-corrected chi connectivity index (χ3v) is 14.6. The first-order valence-electron chi connectivity index (χ1n) is 27.4. The van der Waals surface area contributed by atoms with Crippen LogP contribution in [0.2, 0.25) is 0 Å². The van der Waals surface area contributed by atoms with E-state index in [0.29, 0.717) is 12.0 Å². The lowest BCUT2D eigenvalue weighted by Gasteiger charge is -2.46. The molecule has 0 bridgehead atoms. The molecule has 0 radical (unpaired) electrons. The first-order valence-corrected chi connectivity index (χ1v) is 27.4. The second kappa shape index (κ2) is 30.0. The predicted molar refractivity (Wildman–Crippen MR) is 274 cm³/mol. The summed E-state index contributed by atoms with van der Waals surface area (Å²) < 4.78 is 70.0. The van der Waals surface area contributed by atoms with Gasteiger partial charge in [-0.05, 0) is 24.6 Å². The Morgan fingerprint density at radius 2 is 0.987 bits per heavy atom. The van der Waals surface area contributed by atoms with E-state index in [1.807, 2.05) is 0 Å². The number of ether oxygens (including phenoxy) is 11. The number of esters is 1. The highest BCUT2D eigenvalue weighted by atomic mass is 16.8. The minimum atomic E-state index is -1.81. The molecule has 438 valence electrons. The van der Waals surface area contributed by atoms with Crippen molar-refractivity contribution in [2.45, 2.75) is 208 Å². The zero-order chi connectivity index (χ0) is 55.9. The van der Waals surface area contributed by atoms with E-state index in [9.17, 15) is 55.5 Å². The van der Waals surface area contributed by atoms with Crippen molar-refractivity contribution in [2.24, 2.45) is 0 Å². The number of phenols is 1. The highest BCUT2D eigenvalue weighted by Gasteiger charge is 2.53. The molecule has 4 saturated heterocycles. The number of carbonyl (C=O) groups excluding carboxylic acids is 1. The van der Waals surface area contributed by atoms with E-state index in [1.165, 1.54) is 115 Å². The average Bonchev–Trinajstić information content (AvgIpc) is 3.49. The fraction of sp³-hybridized carbons (Fsp3) is 0.709. The van der Waals surface area contributed by atoms with E-state index in [2.05, 4.69) is 6.92 Å². The predicted octanol–water partition coefficient (Wildman–Crippen LogP) is 3.20. The van der Waals surface area contributed by atoms with Gasteiger partial charge in [-0.1, -0.05) is 96.8 Å². The summed E-state index contributed by atoms with van der Waals surface area (Å²) in [4.78, 5) is 26.2. The smallest absolute Gasteiger partial charge is 0.306 e. The molecule has 23 nitrogen and oxygen atoms in total. The molecule has 4 aliphatic heterocycles. The van der Waals surface area contributed by atoms with Crippen LogP contribution in [0.3, 0.4) is 0 Å². The number of aliphatic hydroxyl groups is 8. The van der Waals surface area contributed by atoms with Gasteiger partial charge in [-0.15, -0.1) is 0 Å². The monoisotopic (exact) mass is 1110 g/mol. The number of carbonyl (C=O) groups is 1. The Bertz CT molecular complexity index is 2370. The van der Waals surface area contributed by atoms with Crippen molar-refractivity contribution in [2.75, 3.05) is 40.6 Å². The molecule has 0 amide bonds. The van der Waals surface area contributed by atoms with E-state index in [0.717, 1.165) is 25.7 Å². The van der Waals surface area contributed by atoms with Crippen LogP contribution in [0, 0.1) is 0 Å². The van der Waals surface area contributed by atoms with Crippen LogP contribution < -0.4 is 19.6 Å². The zero-order valence-corrected chi connectivity index (χ0v) is 44.6. The summed E-state index contributed by atoms with van der Waals surface area (Å²) in [6.07, 6.45) is -9.36. The lowest BCUT2D eigenvalue weighted by molar-refractivity contribution is -0.383. The summed E-state index contributed by atoms with van der Waals surface area (Å²) in [5.74, 6) is -0.556. The first kappa shape index (κ1) is 61.3. The van der Waals surface area contributed by atoms with Gasteiger partial charge in [0.1, 0.15) is 89.3 Å². The molecule has 0 spiro atoms. The number of hydrogen-bond donors (Lipinski definition) is 9. The van der Waals surface area contributed by atoms with E-state index < -0.39 is 136 Å². The Kier molecular flexibility index (Phi) is 23.6. The number of phenolic OH excluding ortho intramolecular Hbond substituents is 1. The van der Waals surface area contributed by atoms with Crippen molar-refractivity contribution >= 4 is 16.9 Å². The van der Waals surface area contributed by atoms with Gasteiger partial charge in [0, 0.05) is 30.2 Å². The summed E-state index contributed by atoms with van der Waals surface area (Å²) in [6, 6.07) is 8.39. The van der Waals surface area contributed by atoms with Crippen molar-refractivity contribution in [3.05, 3.63) is 46.6 Å². The Hall–Kier alpha value is -4.28. The second-order valence-corrected chi connectivity index (χ2v) is 20.5. The molecule has 7 rings (SSSR count). The SMILES string of the molecule is CCCCCCCCCCCCCCCCCC(=O)O[C@H]1[C@H](O[C@H]2[C@H](O[C@H]3[C@H](O[C@H]4[C@H](Oc5ccc(-c6cc(=O)c7c(O)cc(OC)cc7o6)cc5OC)OC[C@@H](O)[C@@H]4O)OC[C@@H](O)[C@@H]3O)OC[C@@H](O)[C@@H]2O)OC[C@@H](O)[C@@H]1O. The molecule has 23 heteroatoms. The maximum absolute atomic E-state index is 13.2. The molecule has 16 atom stereocenters. The van der Waals surface area contributed by atoms with Crippen LogP contribution in [0.15, 0.2) is 45.6 Å². The maximum Gasteiger partial charge on any atom is 0.306 e.